The minimum absolute atomic E-state index is 0.204. The zero-order valence-corrected chi connectivity index (χ0v) is 9.14. The van der Waals surface area contributed by atoms with Crippen LogP contribution in [0.1, 0.15) is 15.9 Å². The number of hydrogen-bond acceptors (Lipinski definition) is 2. The van der Waals surface area contributed by atoms with E-state index in [-0.39, 0.29) is 5.78 Å². The predicted octanol–water partition coefficient (Wildman–Crippen LogP) is 3.10. The molecule has 74 valence electrons. The van der Waals surface area contributed by atoms with Gasteiger partial charge in [0.25, 0.3) is 0 Å². The molecule has 0 amide bonds. The van der Waals surface area contributed by atoms with Crippen molar-refractivity contribution in [3.63, 3.8) is 0 Å². The van der Waals surface area contributed by atoms with E-state index in [4.69, 9.17) is 0 Å². The van der Waals surface area contributed by atoms with Gasteiger partial charge < -0.3 is 0 Å². The average molecular weight is 206 g/mol. The van der Waals surface area contributed by atoms with E-state index in [2.05, 4.69) is 6.58 Å². The molecular weight excluding hydrogens is 192 g/mol. The fourth-order valence-corrected chi connectivity index (χ4v) is 1.82. The van der Waals surface area contributed by atoms with Crippen LogP contribution in [-0.2, 0) is 0 Å². The molecule has 1 aromatic rings. The molecule has 2 heteroatoms. The summed E-state index contributed by atoms with van der Waals surface area (Å²) in [5.74, 6) is 1.57. The van der Waals surface area contributed by atoms with Crippen LogP contribution in [0.2, 0.25) is 0 Å². The highest BCUT2D eigenvalue weighted by Gasteiger charge is 2.06. The first-order valence-electron chi connectivity index (χ1n) is 4.53. The van der Waals surface area contributed by atoms with E-state index in [1.54, 1.807) is 11.8 Å². The Balaban J connectivity index is 2.60. The van der Waals surface area contributed by atoms with E-state index in [1.807, 2.05) is 37.3 Å². The van der Waals surface area contributed by atoms with Gasteiger partial charge in [-0.05, 0) is 12.5 Å². The van der Waals surface area contributed by atoms with Gasteiger partial charge in [0.1, 0.15) is 0 Å². The molecule has 1 nitrogen and oxygen atoms in total. The number of benzene rings is 1. The molecule has 0 unspecified atom stereocenters. The molecule has 0 aromatic heterocycles. The normalized spacial score (nSPS) is 9.79. The van der Waals surface area contributed by atoms with Crippen molar-refractivity contribution in [2.75, 3.05) is 11.5 Å². The van der Waals surface area contributed by atoms with Gasteiger partial charge in [-0.15, -0.1) is 18.3 Å². The number of carbonyl (C=O) groups is 1. The van der Waals surface area contributed by atoms with Crippen LogP contribution in [0.25, 0.3) is 0 Å². The van der Waals surface area contributed by atoms with Gasteiger partial charge in [-0.3, -0.25) is 4.79 Å². The van der Waals surface area contributed by atoms with Crippen molar-refractivity contribution in [2.45, 2.75) is 6.92 Å². The Hall–Kier alpha value is -1.02. The van der Waals surface area contributed by atoms with Crippen LogP contribution in [0.4, 0.5) is 0 Å². The SMILES string of the molecule is C=CCSCC(=O)c1ccccc1C. The third-order valence-corrected chi connectivity index (χ3v) is 2.85. The van der Waals surface area contributed by atoms with Gasteiger partial charge in [-0.2, -0.15) is 0 Å². The molecule has 0 heterocycles. The van der Waals surface area contributed by atoms with Gasteiger partial charge in [-0.1, -0.05) is 30.3 Å². The van der Waals surface area contributed by atoms with Crippen LogP contribution in [0.3, 0.4) is 0 Å². The Kier molecular flexibility index (Phi) is 4.47. The quantitative estimate of drug-likeness (QED) is 0.418. The standard InChI is InChI=1S/C12H14OS/c1-3-8-14-9-12(13)11-7-5-4-6-10(11)2/h3-7H,1,8-9H2,2H3. The highest BCUT2D eigenvalue weighted by molar-refractivity contribution is 8.00. The summed E-state index contributed by atoms with van der Waals surface area (Å²) < 4.78 is 0. The van der Waals surface area contributed by atoms with Gasteiger partial charge in [0.05, 0.1) is 5.75 Å². The smallest absolute Gasteiger partial charge is 0.172 e. The number of rotatable bonds is 5. The number of thioether (sulfide) groups is 1. The maximum absolute atomic E-state index is 11.7. The lowest BCUT2D eigenvalue weighted by molar-refractivity contribution is 0.102. The highest BCUT2D eigenvalue weighted by Crippen LogP contribution is 2.11. The summed E-state index contributed by atoms with van der Waals surface area (Å²) in [5.41, 5.74) is 1.89. The second-order valence-corrected chi connectivity index (χ2v) is 4.07. The lowest BCUT2D eigenvalue weighted by Gasteiger charge is -2.03. The molecular formula is C12H14OS. The maximum atomic E-state index is 11.7. The van der Waals surface area contributed by atoms with E-state index >= 15 is 0 Å². The van der Waals surface area contributed by atoms with Crippen molar-refractivity contribution >= 4 is 17.5 Å². The van der Waals surface area contributed by atoms with Crippen LogP contribution in [0.5, 0.6) is 0 Å². The van der Waals surface area contributed by atoms with E-state index < -0.39 is 0 Å². The summed E-state index contributed by atoms with van der Waals surface area (Å²) in [7, 11) is 0. The number of aryl methyl sites for hydroxylation is 1. The van der Waals surface area contributed by atoms with Gasteiger partial charge in [0.2, 0.25) is 0 Å². The van der Waals surface area contributed by atoms with Crippen molar-refractivity contribution in [3.05, 3.63) is 48.0 Å². The van der Waals surface area contributed by atoms with Crippen molar-refractivity contribution in [2.24, 2.45) is 0 Å². The highest BCUT2D eigenvalue weighted by atomic mass is 32.2. The Bertz CT molecular complexity index is 331. The largest absolute Gasteiger partial charge is 0.293 e. The Labute approximate surface area is 89.2 Å². The minimum Gasteiger partial charge on any atom is -0.293 e. The molecule has 1 aromatic carbocycles. The van der Waals surface area contributed by atoms with Crippen LogP contribution >= 0.6 is 11.8 Å². The monoisotopic (exact) mass is 206 g/mol. The Morgan fingerprint density at radius 3 is 2.86 bits per heavy atom. The Morgan fingerprint density at radius 2 is 2.21 bits per heavy atom. The topological polar surface area (TPSA) is 17.1 Å². The third kappa shape index (κ3) is 3.04. The molecule has 0 atom stereocenters. The summed E-state index contributed by atoms with van der Waals surface area (Å²) in [4.78, 5) is 11.7. The van der Waals surface area contributed by atoms with E-state index in [0.29, 0.717) is 5.75 Å². The molecule has 1 rings (SSSR count). The summed E-state index contributed by atoms with van der Waals surface area (Å²) in [5, 5.41) is 0. The molecule has 0 bridgehead atoms. The van der Waals surface area contributed by atoms with Crippen molar-refractivity contribution in [1.29, 1.82) is 0 Å². The average Bonchev–Trinajstić information content (AvgIpc) is 2.18. The van der Waals surface area contributed by atoms with Crippen LogP contribution in [-0.4, -0.2) is 17.3 Å². The molecule has 0 radical (unpaired) electrons. The van der Waals surface area contributed by atoms with Crippen LogP contribution in [0, 0.1) is 6.92 Å². The summed E-state index contributed by atoms with van der Waals surface area (Å²) in [6.45, 7) is 5.58. The van der Waals surface area contributed by atoms with Gasteiger partial charge >= 0.3 is 0 Å². The zero-order chi connectivity index (χ0) is 10.4. The second kappa shape index (κ2) is 5.66. The predicted molar refractivity (Wildman–Crippen MR) is 63.0 cm³/mol. The van der Waals surface area contributed by atoms with Gasteiger partial charge in [-0.25, -0.2) is 0 Å². The lowest BCUT2D eigenvalue weighted by atomic mass is 10.1. The molecule has 0 saturated heterocycles. The lowest BCUT2D eigenvalue weighted by Crippen LogP contribution is -2.04. The fraction of sp³-hybridized carbons (Fsp3) is 0.250. The van der Waals surface area contributed by atoms with E-state index in [9.17, 15) is 4.79 Å². The van der Waals surface area contributed by atoms with Gasteiger partial charge in [0, 0.05) is 11.3 Å². The summed E-state index contributed by atoms with van der Waals surface area (Å²) >= 11 is 1.60. The molecule has 14 heavy (non-hydrogen) atoms. The maximum Gasteiger partial charge on any atom is 0.172 e. The molecule has 0 spiro atoms. The molecule has 0 N–H and O–H groups in total. The van der Waals surface area contributed by atoms with E-state index in [0.717, 1.165) is 16.9 Å². The molecule has 0 saturated carbocycles. The number of hydrogen-bond donors (Lipinski definition) is 0. The van der Waals surface area contributed by atoms with Crippen LogP contribution in [0.15, 0.2) is 36.9 Å². The fourth-order valence-electron chi connectivity index (χ4n) is 1.20. The molecule has 0 aliphatic rings. The molecule has 0 fully saturated rings. The van der Waals surface area contributed by atoms with Crippen LogP contribution < -0.4 is 0 Å². The number of ketones is 1. The number of carbonyl (C=O) groups excluding carboxylic acids is 1. The molecule has 0 aliphatic carbocycles. The zero-order valence-electron chi connectivity index (χ0n) is 8.32. The number of Topliss-reactive ketones (excluding diaryl/α,β-unsaturated/α-hetero) is 1. The summed E-state index contributed by atoms with van der Waals surface area (Å²) in [6, 6.07) is 7.69. The Morgan fingerprint density at radius 1 is 1.50 bits per heavy atom. The van der Waals surface area contributed by atoms with Crippen molar-refractivity contribution < 1.29 is 4.79 Å². The molecule has 0 aliphatic heterocycles. The van der Waals surface area contributed by atoms with Crippen molar-refractivity contribution in [1.82, 2.24) is 0 Å². The minimum atomic E-state index is 0.204. The summed E-state index contributed by atoms with van der Waals surface area (Å²) in [6.07, 6.45) is 1.82. The van der Waals surface area contributed by atoms with E-state index in [1.165, 1.54) is 0 Å². The van der Waals surface area contributed by atoms with Gasteiger partial charge in [0.15, 0.2) is 5.78 Å². The second-order valence-electron chi connectivity index (χ2n) is 3.04. The third-order valence-electron chi connectivity index (χ3n) is 1.91. The first-order valence-corrected chi connectivity index (χ1v) is 5.68. The first-order chi connectivity index (χ1) is 6.75. The van der Waals surface area contributed by atoms with Crippen molar-refractivity contribution in [3.8, 4) is 0 Å². The first kappa shape index (κ1) is 11.1.